The van der Waals surface area contributed by atoms with Gasteiger partial charge in [-0.2, -0.15) is 0 Å². The lowest BCUT2D eigenvalue weighted by atomic mass is 10.0. The number of carbonyl (C=O) groups excluding carboxylic acids is 2. The van der Waals surface area contributed by atoms with Gasteiger partial charge in [0.25, 0.3) is 0 Å². The third kappa shape index (κ3) is 6.95. The maximum Gasteiger partial charge on any atom is 0.408 e. The van der Waals surface area contributed by atoms with E-state index in [1.807, 2.05) is 54.6 Å². The van der Waals surface area contributed by atoms with Gasteiger partial charge in [-0.25, -0.2) is 9.59 Å². The summed E-state index contributed by atoms with van der Waals surface area (Å²) in [6, 6.07) is 16.3. The molecule has 0 spiro atoms. The molecule has 28 heavy (non-hydrogen) atoms. The molecule has 1 N–H and O–H groups in total. The van der Waals surface area contributed by atoms with E-state index < -0.39 is 23.7 Å². The lowest BCUT2D eigenvalue weighted by Crippen LogP contribution is -2.45. The minimum Gasteiger partial charge on any atom is -0.489 e. The van der Waals surface area contributed by atoms with E-state index in [-0.39, 0.29) is 6.42 Å². The van der Waals surface area contributed by atoms with E-state index in [1.54, 1.807) is 20.8 Å². The standard InChI is InChI=1S/C22H27NO5/c1-22(2,3)28-21(25)23-18(20(24)26-4)14-17-12-8-9-13-19(17)27-15-16-10-6-5-7-11-16/h5-13,18H,14-15H2,1-4H3,(H,23,25). The van der Waals surface area contributed by atoms with Crippen LogP contribution < -0.4 is 10.1 Å². The molecule has 2 aromatic carbocycles. The van der Waals surface area contributed by atoms with Gasteiger partial charge in [0.15, 0.2) is 0 Å². The van der Waals surface area contributed by atoms with Crippen molar-refractivity contribution in [2.75, 3.05) is 7.11 Å². The predicted octanol–water partition coefficient (Wildman–Crippen LogP) is 3.87. The fraction of sp³-hybridized carbons (Fsp3) is 0.364. The third-order valence-corrected chi connectivity index (χ3v) is 3.81. The first-order chi connectivity index (χ1) is 13.3. The highest BCUT2D eigenvalue weighted by molar-refractivity contribution is 5.81. The van der Waals surface area contributed by atoms with Gasteiger partial charge in [0.05, 0.1) is 7.11 Å². The monoisotopic (exact) mass is 385 g/mol. The molecular formula is C22H27NO5. The topological polar surface area (TPSA) is 73.9 Å². The molecule has 0 aliphatic carbocycles. The third-order valence-electron chi connectivity index (χ3n) is 3.81. The predicted molar refractivity (Wildman–Crippen MR) is 106 cm³/mol. The molecule has 1 atom stereocenters. The van der Waals surface area contributed by atoms with Gasteiger partial charge in [0, 0.05) is 6.42 Å². The molecule has 1 amide bonds. The highest BCUT2D eigenvalue weighted by atomic mass is 16.6. The Balaban J connectivity index is 2.11. The van der Waals surface area contributed by atoms with Gasteiger partial charge < -0.3 is 19.5 Å². The normalized spacial score (nSPS) is 12.0. The largest absolute Gasteiger partial charge is 0.489 e. The van der Waals surface area contributed by atoms with Crippen LogP contribution in [0.15, 0.2) is 54.6 Å². The van der Waals surface area contributed by atoms with E-state index >= 15 is 0 Å². The van der Waals surface area contributed by atoms with Gasteiger partial charge in [-0.3, -0.25) is 0 Å². The minimum absolute atomic E-state index is 0.219. The first kappa shape index (κ1) is 21.3. The van der Waals surface area contributed by atoms with Gasteiger partial charge in [0.1, 0.15) is 24.0 Å². The van der Waals surface area contributed by atoms with Crippen molar-refractivity contribution < 1.29 is 23.8 Å². The fourth-order valence-corrected chi connectivity index (χ4v) is 2.55. The molecule has 6 heteroatoms. The smallest absolute Gasteiger partial charge is 0.408 e. The number of hydrogen-bond acceptors (Lipinski definition) is 5. The highest BCUT2D eigenvalue weighted by Crippen LogP contribution is 2.21. The first-order valence-electron chi connectivity index (χ1n) is 9.10. The van der Waals surface area contributed by atoms with Crippen LogP contribution in [0, 0.1) is 0 Å². The maximum absolute atomic E-state index is 12.2. The van der Waals surface area contributed by atoms with Crippen molar-refractivity contribution in [3.8, 4) is 5.75 Å². The first-order valence-corrected chi connectivity index (χ1v) is 9.10. The Hall–Kier alpha value is -3.02. The summed E-state index contributed by atoms with van der Waals surface area (Å²) in [5.41, 5.74) is 1.15. The van der Waals surface area contributed by atoms with Gasteiger partial charge in [-0.05, 0) is 38.0 Å². The number of ether oxygens (including phenoxy) is 3. The number of esters is 1. The lowest BCUT2D eigenvalue weighted by molar-refractivity contribution is -0.143. The van der Waals surface area contributed by atoms with Crippen molar-refractivity contribution >= 4 is 12.1 Å². The van der Waals surface area contributed by atoms with Crippen molar-refractivity contribution in [2.24, 2.45) is 0 Å². The summed E-state index contributed by atoms with van der Waals surface area (Å²) in [7, 11) is 1.28. The summed E-state index contributed by atoms with van der Waals surface area (Å²) < 4.78 is 16.0. The Labute approximate surface area is 165 Å². The Bertz CT molecular complexity index is 783. The van der Waals surface area contributed by atoms with Gasteiger partial charge >= 0.3 is 12.1 Å². The zero-order valence-corrected chi connectivity index (χ0v) is 16.7. The zero-order valence-electron chi connectivity index (χ0n) is 16.7. The average Bonchev–Trinajstić information content (AvgIpc) is 2.65. The van der Waals surface area contributed by atoms with Crippen LogP contribution in [0.3, 0.4) is 0 Å². The van der Waals surface area contributed by atoms with E-state index in [2.05, 4.69) is 5.32 Å². The van der Waals surface area contributed by atoms with Gasteiger partial charge in [-0.15, -0.1) is 0 Å². The van der Waals surface area contributed by atoms with Crippen LogP contribution in [0.5, 0.6) is 5.75 Å². The molecule has 0 saturated heterocycles. The van der Waals surface area contributed by atoms with Crippen molar-refractivity contribution in [2.45, 2.75) is 45.4 Å². The number of hydrogen-bond donors (Lipinski definition) is 1. The number of para-hydroxylation sites is 1. The second-order valence-corrected chi connectivity index (χ2v) is 7.31. The number of alkyl carbamates (subject to hydrolysis) is 1. The molecule has 0 aliphatic heterocycles. The highest BCUT2D eigenvalue weighted by Gasteiger charge is 2.26. The van der Waals surface area contributed by atoms with Crippen LogP contribution in [0.25, 0.3) is 0 Å². The molecular weight excluding hydrogens is 358 g/mol. The summed E-state index contributed by atoms with van der Waals surface area (Å²) >= 11 is 0. The number of carbonyl (C=O) groups is 2. The Morgan fingerprint density at radius 2 is 1.64 bits per heavy atom. The van der Waals surface area contributed by atoms with E-state index in [0.29, 0.717) is 12.4 Å². The number of benzene rings is 2. The Morgan fingerprint density at radius 3 is 2.29 bits per heavy atom. The summed E-state index contributed by atoms with van der Waals surface area (Å²) in [6.07, 6.45) is -0.456. The molecule has 0 fully saturated rings. The summed E-state index contributed by atoms with van der Waals surface area (Å²) in [5.74, 6) is 0.0926. The van der Waals surface area contributed by atoms with Crippen LogP contribution in [0.1, 0.15) is 31.9 Å². The molecule has 150 valence electrons. The van der Waals surface area contributed by atoms with Crippen LogP contribution in [-0.2, 0) is 27.3 Å². The quantitative estimate of drug-likeness (QED) is 0.733. The van der Waals surface area contributed by atoms with E-state index in [1.165, 1.54) is 7.11 Å². The molecule has 0 heterocycles. The number of methoxy groups -OCH3 is 1. The summed E-state index contributed by atoms with van der Waals surface area (Å²) in [4.78, 5) is 24.3. The van der Waals surface area contributed by atoms with E-state index in [4.69, 9.17) is 14.2 Å². The molecule has 2 aromatic rings. The van der Waals surface area contributed by atoms with Crippen molar-refractivity contribution in [3.05, 3.63) is 65.7 Å². The molecule has 0 aromatic heterocycles. The molecule has 2 rings (SSSR count). The number of amides is 1. The number of rotatable bonds is 7. The summed E-state index contributed by atoms with van der Waals surface area (Å²) in [6.45, 7) is 5.67. The molecule has 0 saturated carbocycles. The van der Waals surface area contributed by atoms with Gasteiger partial charge in [-0.1, -0.05) is 48.5 Å². The van der Waals surface area contributed by atoms with Crippen molar-refractivity contribution in [1.29, 1.82) is 0 Å². The minimum atomic E-state index is -0.888. The Morgan fingerprint density at radius 1 is 1.00 bits per heavy atom. The van der Waals surface area contributed by atoms with Crippen LogP contribution >= 0.6 is 0 Å². The van der Waals surface area contributed by atoms with Gasteiger partial charge in [0.2, 0.25) is 0 Å². The van der Waals surface area contributed by atoms with Crippen LogP contribution in [0.4, 0.5) is 4.79 Å². The molecule has 0 bridgehead atoms. The lowest BCUT2D eigenvalue weighted by Gasteiger charge is -2.23. The molecule has 0 aliphatic rings. The van der Waals surface area contributed by atoms with E-state index in [0.717, 1.165) is 11.1 Å². The molecule has 6 nitrogen and oxygen atoms in total. The van der Waals surface area contributed by atoms with Crippen molar-refractivity contribution in [3.63, 3.8) is 0 Å². The number of nitrogens with one attached hydrogen (secondary N) is 1. The molecule has 1 unspecified atom stereocenters. The average molecular weight is 385 g/mol. The van der Waals surface area contributed by atoms with Crippen LogP contribution in [0.2, 0.25) is 0 Å². The molecule has 0 radical (unpaired) electrons. The Kier molecular flexibility index (Phi) is 7.44. The fourth-order valence-electron chi connectivity index (χ4n) is 2.55. The van der Waals surface area contributed by atoms with Crippen LogP contribution in [-0.4, -0.2) is 30.8 Å². The zero-order chi connectivity index (χ0) is 20.6. The SMILES string of the molecule is COC(=O)C(Cc1ccccc1OCc1ccccc1)NC(=O)OC(C)(C)C. The van der Waals surface area contributed by atoms with Crippen molar-refractivity contribution in [1.82, 2.24) is 5.32 Å². The van der Waals surface area contributed by atoms with E-state index in [9.17, 15) is 9.59 Å². The maximum atomic E-state index is 12.2. The summed E-state index contributed by atoms with van der Waals surface area (Å²) in [5, 5.41) is 2.58. The second-order valence-electron chi connectivity index (χ2n) is 7.31. The second kappa shape index (κ2) is 9.78.